The van der Waals surface area contributed by atoms with Gasteiger partial charge < -0.3 is 4.90 Å². The molecule has 102 valence electrons. The number of anilines is 1. The zero-order chi connectivity index (χ0) is 14.1. The molecule has 0 aliphatic carbocycles. The normalized spacial score (nSPS) is 12.6. The van der Waals surface area contributed by atoms with E-state index < -0.39 is 0 Å². The molecule has 1 atom stereocenters. The molecule has 0 radical (unpaired) electrons. The Balaban J connectivity index is 1.90. The minimum Gasteiger partial charge on any atom is -0.353 e. The molecule has 3 heterocycles. The molecule has 3 aromatic heterocycles. The van der Waals surface area contributed by atoms with Gasteiger partial charge in [-0.05, 0) is 49.2 Å². The zero-order valence-electron chi connectivity index (χ0n) is 12.0. The fourth-order valence-electron chi connectivity index (χ4n) is 2.29. The number of fused-ring (bicyclic) bond motifs is 1. The molecule has 0 spiro atoms. The standard InChI is InChI=1S/C16H18N4/c1-12-4-5-16(17-11-12)19(3)13(2)14-7-9-20-15(10-14)6-8-18-20/h4-11,13H,1-3H3. The first kappa shape index (κ1) is 12.7. The summed E-state index contributed by atoms with van der Waals surface area (Å²) in [6, 6.07) is 10.7. The van der Waals surface area contributed by atoms with E-state index in [0.717, 1.165) is 11.3 Å². The molecule has 1 unspecified atom stereocenters. The summed E-state index contributed by atoms with van der Waals surface area (Å²) in [4.78, 5) is 6.67. The fourth-order valence-corrected chi connectivity index (χ4v) is 2.29. The van der Waals surface area contributed by atoms with E-state index in [-0.39, 0.29) is 6.04 Å². The van der Waals surface area contributed by atoms with Gasteiger partial charge in [-0.3, -0.25) is 0 Å². The summed E-state index contributed by atoms with van der Waals surface area (Å²) < 4.78 is 1.88. The number of aryl methyl sites for hydroxylation is 1. The van der Waals surface area contributed by atoms with Crippen LogP contribution >= 0.6 is 0 Å². The lowest BCUT2D eigenvalue weighted by Crippen LogP contribution is -2.22. The summed E-state index contributed by atoms with van der Waals surface area (Å²) in [5.74, 6) is 0.983. The number of rotatable bonds is 3. The van der Waals surface area contributed by atoms with Gasteiger partial charge in [0.15, 0.2) is 0 Å². The molecular formula is C16H18N4. The first-order chi connectivity index (χ1) is 9.65. The Labute approximate surface area is 118 Å². The molecule has 0 fully saturated rings. The van der Waals surface area contributed by atoms with E-state index in [1.54, 1.807) is 0 Å². The smallest absolute Gasteiger partial charge is 0.128 e. The van der Waals surface area contributed by atoms with Gasteiger partial charge in [-0.15, -0.1) is 0 Å². The monoisotopic (exact) mass is 266 g/mol. The van der Waals surface area contributed by atoms with Crippen molar-refractivity contribution in [1.82, 2.24) is 14.6 Å². The average Bonchev–Trinajstić information content (AvgIpc) is 2.94. The minimum absolute atomic E-state index is 0.255. The van der Waals surface area contributed by atoms with Crippen LogP contribution < -0.4 is 4.90 Å². The maximum Gasteiger partial charge on any atom is 0.128 e. The number of hydrogen-bond donors (Lipinski definition) is 0. The Morgan fingerprint density at radius 2 is 2.05 bits per heavy atom. The van der Waals surface area contributed by atoms with Gasteiger partial charge in [0.1, 0.15) is 5.82 Å². The Morgan fingerprint density at radius 3 is 2.80 bits per heavy atom. The summed E-state index contributed by atoms with van der Waals surface area (Å²) in [6.07, 6.45) is 5.71. The SMILES string of the molecule is Cc1ccc(N(C)C(C)c2ccn3nccc3c2)nc1. The van der Waals surface area contributed by atoms with E-state index in [1.165, 1.54) is 11.1 Å². The van der Waals surface area contributed by atoms with E-state index >= 15 is 0 Å². The Kier molecular flexibility index (Phi) is 3.14. The Morgan fingerprint density at radius 1 is 1.20 bits per heavy atom. The van der Waals surface area contributed by atoms with Crippen LogP contribution in [0.5, 0.6) is 0 Å². The molecule has 3 rings (SSSR count). The lowest BCUT2D eigenvalue weighted by molar-refractivity contribution is 0.726. The van der Waals surface area contributed by atoms with Gasteiger partial charge in [-0.1, -0.05) is 6.07 Å². The summed E-state index contributed by atoms with van der Waals surface area (Å²) in [7, 11) is 2.07. The van der Waals surface area contributed by atoms with E-state index in [1.807, 2.05) is 36.1 Å². The largest absolute Gasteiger partial charge is 0.353 e. The second-order valence-electron chi connectivity index (χ2n) is 5.14. The van der Waals surface area contributed by atoms with E-state index in [9.17, 15) is 0 Å². The lowest BCUT2D eigenvalue weighted by atomic mass is 10.1. The number of nitrogens with zero attached hydrogens (tertiary/aromatic N) is 4. The van der Waals surface area contributed by atoms with Gasteiger partial charge in [0.05, 0.1) is 11.6 Å². The summed E-state index contributed by atoms with van der Waals surface area (Å²) in [5.41, 5.74) is 3.54. The first-order valence-corrected chi connectivity index (χ1v) is 6.74. The van der Waals surface area contributed by atoms with E-state index in [0.29, 0.717) is 0 Å². The van der Waals surface area contributed by atoms with Crippen LogP contribution in [0.25, 0.3) is 5.52 Å². The van der Waals surface area contributed by atoms with Crippen molar-refractivity contribution in [2.75, 3.05) is 11.9 Å². The second kappa shape index (κ2) is 4.96. The molecule has 0 aliphatic rings. The zero-order valence-corrected chi connectivity index (χ0v) is 12.0. The third-order valence-electron chi connectivity index (χ3n) is 3.74. The lowest BCUT2D eigenvalue weighted by Gasteiger charge is -2.26. The highest BCUT2D eigenvalue weighted by atomic mass is 15.2. The van der Waals surface area contributed by atoms with Crippen molar-refractivity contribution in [2.45, 2.75) is 19.9 Å². The maximum absolute atomic E-state index is 4.49. The predicted octanol–water partition coefficient (Wildman–Crippen LogP) is 3.24. The molecule has 0 saturated heterocycles. The van der Waals surface area contributed by atoms with Crippen LogP contribution in [0.4, 0.5) is 5.82 Å². The number of aromatic nitrogens is 3. The molecule has 0 saturated carbocycles. The number of pyridine rings is 2. The highest BCUT2D eigenvalue weighted by Crippen LogP contribution is 2.24. The van der Waals surface area contributed by atoms with Crippen molar-refractivity contribution in [3.05, 3.63) is 60.0 Å². The highest BCUT2D eigenvalue weighted by molar-refractivity contribution is 5.50. The molecule has 20 heavy (non-hydrogen) atoms. The summed E-state index contributed by atoms with van der Waals surface area (Å²) >= 11 is 0. The molecule has 0 aromatic carbocycles. The number of hydrogen-bond acceptors (Lipinski definition) is 3. The molecule has 0 N–H and O–H groups in total. The van der Waals surface area contributed by atoms with Crippen LogP contribution in [0.2, 0.25) is 0 Å². The third kappa shape index (κ3) is 2.25. The van der Waals surface area contributed by atoms with Crippen molar-refractivity contribution in [2.24, 2.45) is 0 Å². The molecule has 0 amide bonds. The van der Waals surface area contributed by atoms with Crippen LogP contribution in [0, 0.1) is 6.92 Å². The maximum atomic E-state index is 4.49. The molecular weight excluding hydrogens is 248 g/mol. The van der Waals surface area contributed by atoms with Crippen LogP contribution in [0.15, 0.2) is 48.9 Å². The van der Waals surface area contributed by atoms with Gasteiger partial charge in [-0.2, -0.15) is 5.10 Å². The van der Waals surface area contributed by atoms with Crippen LogP contribution in [0.1, 0.15) is 24.1 Å². The van der Waals surface area contributed by atoms with Gasteiger partial charge in [0.25, 0.3) is 0 Å². The second-order valence-corrected chi connectivity index (χ2v) is 5.14. The van der Waals surface area contributed by atoms with Crippen LogP contribution in [-0.2, 0) is 0 Å². The van der Waals surface area contributed by atoms with Crippen molar-refractivity contribution in [3.8, 4) is 0 Å². The van der Waals surface area contributed by atoms with Crippen molar-refractivity contribution >= 4 is 11.3 Å². The van der Waals surface area contributed by atoms with Crippen molar-refractivity contribution in [3.63, 3.8) is 0 Å². The van der Waals surface area contributed by atoms with Gasteiger partial charge in [0.2, 0.25) is 0 Å². The topological polar surface area (TPSA) is 33.4 Å². The summed E-state index contributed by atoms with van der Waals surface area (Å²) in [5, 5.41) is 4.22. The fraction of sp³-hybridized carbons (Fsp3) is 0.250. The minimum atomic E-state index is 0.255. The molecule has 4 nitrogen and oxygen atoms in total. The first-order valence-electron chi connectivity index (χ1n) is 6.74. The highest BCUT2D eigenvalue weighted by Gasteiger charge is 2.13. The Hall–Kier alpha value is -2.36. The Bertz CT molecular complexity index is 715. The van der Waals surface area contributed by atoms with Crippen LogP contribution in [-0.4, -0.2) is 21.6 Å². The third-order valence-corrected chi connectivity index (χ3v) is 3.74. The molecule has 3 aromatic rings. The summed E-state index contributed by atoms with van der Waals surface area (Å²) in [6.45, 7) is 4.23. The van der Waals surface area contributed by atoms with Gasteiger partial charge in [-0.25, -0.2) is 9.50 Å². The quantitative estimate of drug-likeness (QED) is 0.729. The predicted molar refractivity (Wildman–Crippen MR) is 81.0 cm³/mol. The average molecular weight is 266 g/mol. The molecule has 0 bridgehead atoms. The van der Waals surface area contributed by atoms with E-state index in [4.69, 9.17) is 0 Å². The van der Waals surface area contributed by atoms with Crippen molar-refractivity contribution in [1.29, 1.82) is 0 Å². The van der Waals surface area contributed by atoms with Crippen molar-refractivity contribution < 1.29 is 0 Å². The van der Waals surface area contributed by atoms with Crippen LogP contribution in [0.3, 0.4) is 0 Å². The van der Waals surface area contributed by atoms with Gasteiger partial charge >= 0.3 is 0 Å². The van der Waals surface area contributed by atoms with E-state index in [2.05, 4.69) is 53.2 Å². The van der Waals surface area contributed by atoms with Gasteiger partial charge in [0, 0.05) is 25.6 Å². The molecule has 4 heteroatoms. The molecule has 0 aliphatic heterocycles.